The molecule has 0 fully saturated rings. The minimum atomic E-state index is -0.160. The lowest BCUT2D eigenvalue weighted by Gasteiger charge is -2.08. The van der Waals surface area contributed by atoms with E-state index >= 15 is 0 Å². The normalized spacial score (nSPS) is 10.2. The van der Waals surface area contributed by atoms with Gasteiger partial charge in [0.1, 0.15) is 0 Å². The first kappa shape index (κ1) is 15.1. The highest BCUT2D eigenvalue weighted by atomic mass is 16.2. The number of aryl methyl sites for hydroxylation is 2. The molecule has 0 aromatic heterocycles. The lowest BCUT2D eigenvalue weighted by Crippen LogP contribution is -2.30. The lowest BCUT2D eigenvalue weighted by atomic mass is 10.1. The van der Waals surface area contributed by atoms with Crippen LogP contribution in [0.4, 0.5) is 10.5 Å². The number of benzene rings is 2. The van der Waals surface area contributed by atoms with Crippen molar-refractivity contribution in [2.24, 2.45) is 0 Å². The summed E-state index contributed by atoms with van der Waals surface area (Å²) in [5.41, 5.74) is 4.57. The summed E-state index contributed by atoms with van der Waals surface area (Å²) >= 11 is 0. The first-order valence-electron chi connectivity index (χ1n) is 7.36. The Kier molecular flexibility index (Phi) is 5.38. The SMILES string of the molecule is CCc1ccc(NC(=O)NCCc2cccc(C)c2)cc1. The Balaban J connectivity index is 1.76. The van der Waals surface area contributed by atoms with Crippen molar-refractivity contribution in [2.45, 2.75) is 26.7 Å². The first-order chi connectivity index (χ1) is 10.2. The van der Waals surface area contributed by atoms with E-state index in [9.17, 15) is 4.79 Å². The van der Waals surface area contributed by atoms with E-state index in [0.29, 0.717) is 6.54 Å². The molecular formula is C18H22N2O. The molecule has 0 heterocycles. The van der Waals surface area contributed by atoms with Crippen LogP contribution in [0.2, 0.25) is 0 Å². The van der Waals surface area contributed by atoms with Gasteiger partial charge in [0.2, 0.25) is 0 Å². The average molecular weight is 282 g/mol. The highest BCUT2D eigenvalue weighted by molar-refractivity contribution is 5.89. The van der Waals surface area contributed by atoms with Gasteiger partial charge in [0.15, 0.2) is 0 Å². The maximum absolute atomic E-state index is 11.8. The summed E-state index contributed by atoms with van der Waals surface area (Å²) in [6, 6.07) is 16.1. The Hall–Kier alpha value is -2.29. The predicted molar refractivity (Wildman–Crippen MR) is 87.7 cm³/mol. The molecule has 0 spiro atoms. The fourth-order valence-corrected chi connectivity index (χ4v) is 2.19. The van der Waals surface area contributed by atoms with Gasteiger partial charge in [-0.2, -0.15) is 0 Å². The van der Waals surface area contributed by atoms with E-state index in [2.05, 4.69) is 42.7 Å². The Bertz CT molecular complexity index is 590. The number of nitrogens with one attached hydrogen (secondary N) is 2. The van der Waals surface area contributed by atoms with Crippen LogP contribution in [0.25, 0.3) is 0 Å². The molecular weight excluding hydrogens is 260 g/mol. The molecule has 0 bridgehead atoms. The quantitative estimate of drug-likeness (QED) is 0.857. The number of hydrogen-bond donors (Lipinski definition) is 2. The fourth-order valence-electron chi connectivity index (χ4n) is 2.19. The number of amides is 2. The third-order valence-corrected chi connectivity index (χ3v) is 3.40. The van der Waals surface area contributed by atoms with Gasteiger partial charge in [-0.25, -0.2) is 4.79 Å². The zero-order valence-corrected chi connectivity index (χ0v) is 12.6. The number of rotatable bonds is 5. The second-order valence-electron chi connectivity index (χ2n) is 5.17. The average Bonchev–Trinajstić information content (AvgIpc) is 2.48. The molecule has 0 radical (unpaired) electrons. The summed E-state index contributed by atoms with van der Waals surface area (Å²) < 4.78 is 0. The van der Waals surface area contributed by atoms with Crippen molar-refractivity contribution in [1.29, 1.82) is 0 Å². The monoisotopic (exact) mass is 282 g/mol. The Morgan fingerprint density at radius 1 is 1.05 bits per heavy atom. The van der Waals surface area contributed by atoms with Crippen molar-refractivity contribution in [3.8, 4) is 0 Å². The molecule has 2 rings (SSSR count). The summed E-state index contributed by atoms with van der Waals surface area (Å²) in [5, 5.41) is 5.72. The van der Waals surface area contributed by atoms with E-state index in [1.165, 1.54) is 16.7 Å². The van der Waals surface area contributed by atoms with E-state index in [-0.39, 0.29) is 6.03 Å². The van der Waals surface area contributed by atoms with E-state index in [1.54, 1.807) is 0 Å². The van der Waals surface area contributed by atoms with Gasteiger partial charge in [0.25, 0.3) is 0 Å². The highest BCUT2D eigenvalue weighted by Gasteiger charge is 2.01. The predicted octanol–water partition coefficient (Wildman–Crippen LogP) is 3.92. The largest absolute Gasteiger partial charge is 0.338 e. The van der Waals surface area contributed by atoms with E-state index in [4.69, 9.17) is 0 Å². The van der Waals surface area contributed by atoms with Crippen LogP contribution in [0.3, 0.4) is 0 Å². The van der Waals surface area contributed by atoms with Gasteiger partial charge >= 0.3 is 6.03 Å². The molecule has 0 atom stereocenters. The van der Waals surface area contributed by atoms with Gasteiger partial charge in [0.05, 0.1) is 0 Å². The number of anilines is 1. The van der Waals surface area contributed by atoms with Gasteiger partial charge < -0.3 is 10.6 Å². The Labute approximate surface area is 126 Å². The van der Waals surface area contributed by atoms with Crippen molar-refractivity contribution >= 4 is 11.7 Å². The maximum atomic E-state index is 11.8. The molecule has 3 heteroatoms. The minimum Gasteiger partial charge on any atom is -0.338 e. The van der Waals surface area contributed by atoms with Crippen LogP contribution >= 0.6 is 0 Å². The number of hydrogen-bond acceptors (Lipinski definition) is 1. The molecule has 0 aliphatic heterocycles. The van der Waals surface area contributed by atoms with Crippen LogP contribution in [0.1, 0.15) is 23.6 Å². The van der Waals surface area contributed by atoms with Crippen LogP contribution < -0.4 is 10.6 Å². The topological polar surface area (TPSA) is 41.1 Å². The minimum absolute atomic E-state index is 0.160. The van der Waals surface area contributed by atoms with E-state index in [0.717, 1.165) is 18.5 Å². The van der Waals surface area contributed by atoms with Crippen LogP contribution in [-0.4, -0.2) is 12.6 Å². The van der Waals surface area contributed by atoms with Crippen LogP contribution in [0, 0.1) is 6.92 Å². The van der Waals surface area contributed by atoms with Crippen molar-refractivity contribution in [3.05, 3.63) is 65.2 Å². The zero-order chi connectivity index (χ0) is 15.1. The molecule has 0 aliphatic rings. The molecule has 3 nitrogen and oxygen atoms in total. The first-order valence-corrected chi connectivity index (χ1v) is 7.36. The standard InChI is InChI=1S/C18H22N2O/c1-3-15-7-9-17(10-8-15)20-18(21)19-12-11-16-6-4-5-14(2)13-16/h4-10,13H,3,11-12H2,1-2H3,(H2,19,20,21). The molecule has 21 heavy (non-hydrogen) atoms. The van der Waals surface area contributed by atoms with E-state index in [1.807, 2.05) is 30.3 Å². The Morgan fingerprint density at radius 2 is 1.81 bits per heavy atom. The Morgan fingerprint density at radius 3 is 2.48 bits per heavy atom. The third kappa shape index (κ3) is 4.95. The van der Waals surface area contributed by atoms with Crippen molar-refractivity contribution in [1.82, 2.24) is 5.32 Å². The number of carbonyl (C=O) groups excluding carboxylic acids is 1. The number of carbonyl (C=O) groups is 1. The van der Waals surface area contributed by atoms with Gasteiger partial charge in [-0.05, 0) is 43.0 Å². The molecule has 110 valence electrons. The highest BCUT2D eigenvalue weighted by Crippen LogP contribution is 2.09. The third-order valence-electron chi connectivity index (χ3n) is 3.40. The molecule has 0 unspecified atom stereocenters. The lowest BCUT2D eigenvalue weighted by molar-refractivity contribution is 0.252. The molecule has 0 saturated carbocycles. The maximum Gasteiger partial charge on any atom is 0.319 e. The molecule has 2 aromatic rings. The van der Waals surface area contributed by atoms with Crippen molar-refractivity contribution in [2.75, 3.05) is 11.9 Å². The van der Waals surface area contributed by atoms with Crippen LogP contribution in [0.5, 0.6) is 0 Å². The van der Waals surface area contributed by atoms with Crippen molar-refractivity contribution < 1.29 is 4.79 Å². The van der Waals surface area contributed by atoms with Gasteiger partial charge in [-0.15, -0.1) is 0 Å². The number of urea groups is 1. The molecule has 2 aromatic carbocycles. The fraction of sp³-hybridized carbons (Fsp3) is 0.278. The van der Waals surface area contributed by atoms with Crippen LogP contribution in [0.15, 0.2) is 48.5 Å². The molecule has 2 N–H and O–H groups in total. The summed E-state index contributed by atoms with van der Waals surface area (Å²) in [5.74, 6) is 0. The second-order valence-corrected chi connectivity index (χ2v) is 5.17. The smallest absolute Gasteiger partial charge is 0.319 e. The summed E-state index contributed by atoms with van der Waals surface area (Å²) in [4.78, 5) is 11.8. The second kappa shape index (κ2) is 7.48. The summed E-state index contributed by atoms with van der Waals surface area (Å²) in [6.07, 6.45) is 1.84. The summed E-state index contributed by atoms with van der Waals surface area (Å²) in [7, 11) is 0. The van der Waals surface area contributed by atoms with Crippen molar-refractivity contribution in [3.63, 3.8) is 0 Å². The molecule has 0 aliphatic carbocycles. The van der Waals surface area contributed by atoms with E-state index < -0.39 is 0 Å². The summed E-state index contributed by atoms with van der Waals surface area (Å²) in [6.45, 7) is 4.81. The van der Waals surface area contributed by atoms with Gasteiger partial charge in [0, 0.05) is 12.2 Å². The molecule has 2 amide bonds. The zero-order valence-electron chi connectivity index (χ0n) is 12.6. The van der Waals surface area contributed by atoms with Crippen LogP contribution in [-0.2, 0) is 12.8 Å². The molecule has 0 saturated heterocycles. The van der Waals surface area contributed by atoms with Gasteiger partial charge in [-0.3, -0.25) is 0 Å². The van der Waals surface area contributed by atoms with Gasteiger partial charge in [-0.1, -0.05) is 48.9 Å².